The molecular formula is C14H27N3O2. The molecule has 0 aliphatic heterocycles. The zero-order chi connectivity index (χ0) is 14.7. The van der Waals surface area contributed by atoms with E-state index in [1.165, 1.54) is 0 Å². The van der Waals surface area contributed by atoms with Crippen LogP contribution in [0, 0.1) is 10.8 Å². The molecule has 1 amide bonds. The Balaban J connectivity index is 2.90. The maximum absolute atomic E-state index is 12.6. The van der Waals surface area contributed by atoms with Crippen LogP contribution >= 0.6 is 0 Å². The lowest BCUT2D eigenvalue weighted by Crippen LogP contribution is -2.53. The van der Waals surface area contributed by atoms with E-state index >= 15 is 0 Å². The number of nitrogens with two attached hydrogens (primary N) is 1. The highest BCUT2D eigenvalue weighted by molar-refractivity contribution is 6.06. The molecule has 0 spiro atoms. The lowest BCUT2D eigenvalue weighted by atomic mass is 9.79. The Bertz CT molecular complexity index is 360. The Morgan fingerprint density at radius 2 is 2.05 bits per heavy atom. The van der Waals surface area contributed by atoms with Gasteiger partial charge in [0.1, 0.15) is 5.41 Å². The van der Waals surface area contributed by atoms with Crippen molar-refractivity contribution in [2.24, 2.45) is 21.7 Å². The Morgan fingerprint density at radius 1 is 1.47 bits per heavy atom. The molecule has 19 heavy (non-hydrogen) atoms. The summed E-state index contributed by atoms with van der Waals surface area (Å²) in [5.41, 5.74) is 4.98. The molecule has 0 saturated heterocycles. The van der Waals surface area contributed by atoms with Crippen LogP contribution in [0.3, 0.4) is 0 Å². The van der Waals surface area contributed by atoms with Crippen molar-refractivity contribution in [3.8, 4) is 0 Å². The Morgan fingerprint density at radius 3 is 2.42 bits per heavy atom. The first kappa shape index (κ1) is 15.8. The van der Waals surface area contributed by atoms with Gasteiger partial charge in [0.25, 0.3) is 0 Å². The number of nitrogens with zero attached hydrogens (tertiary/aromatic N) is 1. The van der Waals surface area contributed by atoms with Crippen molar-refractivity contribution >= 4 is 11.7 Å². The fourth-order valence-corrected chi connectivity index (χ4v) is 3.04. The van der Waals surface area contributed by atoms with E-state index < -0.39 is 5.41 Å². The molecule has 0 heterocycles. The van der Waals surface area contributed by atoms with Crippen LogP contribution in [0.2, 0.25) is 0 Å². The average molecular weight is 269 g/mol. The number of nitrogens with one attached hydrogen (secondary N) is 1. The van der Waals surface area contributed by atoms with Crippen LogP contribution in [0.1, 0.15) is 59.8 Å². The van der Waals surface area contributed by atoms with Crippen molar-refractivity contribution in [3.05, 3.63) is 0 Å². The van der Waals surface area contributed by atoms with Crippen molar-refractivity contribution in [2.45, 2.75) is 65.8 Å². The zero-order valence-corrected chi connectivity index (χ0v) is 12.5. The summed E-state index contributed by atoms with van der Waals surface area (Å²) in [4.78, 5) is 12.6. The third kappa shape index (κ3) is 2.85. The number of oxime groups is 1. The van der Waals surface area contributed by atoms with Gasteiger partial charge < -0.3 is 16.3 Å². The molecule has 1 atom stereocenters. The molecule has 1 unspecified atom stereocenters. The first-order chi connectivity index (χ1) is 8.84. The van der Waals surface area contributed by atoms with E-state index in [2.05, 4.69) is 24.3 Å². The standard InChI is InChI=1S/C14H27N3O2/c1-5-14(6-2,11(15)17-19)12(18)16-10-8-7-9-13(10,3)4/h10,19H,5-9H2,1-4H3,(H2,15,17)(H,16,18). The number of carbonyl (C=O) groups excluding carboxylic acids is 1. The normalized spacial score (nSPS) is 23.4. The fourth-order valence-electron chi connectivity index (χ4n) is 3.04. The van der Waals surface area contributed by atoms with Gasteiger partial charge in [0.05, 0.1) is 0 Å². The van der Waals surface area contributed by atoms with Gasteiger partial charge >= 0.3 is 0 Å². The number of amidine groups is 1. The SMILES string of the molecule is CCC(CC)(C(=O)NC1CCCC1(C)C)C(N)=NO. The maximum atomic E-state index is 12.6. The first-order valence-corrected chi connectivity index (χ1v) is 7.13. The predicted octanol–water partition coefficient (Wildman–Crippen LogP) is 2.23. The van der Waals surface area contributed by atoms with Crippen molar-refractivity contribution in [1.29, 1.82) is 0 Å². The maximum Gasteiger partial charge on any atom is 0.234 e. The van der Waals surface area contributed by atoms with E-state index in [4.69, 9.17) is 10.9 Å². The minimum absolute atomic E-state index is 0.00537. The van der Waals surface area contributed by atoms with Crippen LogP contribution in [-0.2, 0) is 4.79 Å². The second-order valence-electron chi connectivity index (χ2n) is 6.18. The van der Waals surface area contributed by atoms with E-state index in [1.807, 2.05) is 13.8 Å². The summed E-state index contributed by atoms with van der Waals surface area (Å²) in [6, 6.07) is 0.170. The summed E-state index contributed by atoms with van der Waals surface area (Å²) in [6.07, 6.45) is 4.30. The van der Waals surface area contributed by atoms with E-state index in [0.717, 1.165) is 19.3 Å². The van der Waals surface area contributed by atoms with Gasteiger partial charge in [0.2, 0.25) is 5.91 Å². The lowest BCUT2D eigenvalue weighted by Gasteiger charge is -2.34. The molecular weight excluding hydrogens is 242 g/mol. The van der Waals surface area contributed by atoms with Crippen LogP contribution in [0.25, 0.3) is 0 Å². The molecule has 0 aromatic rings. The van der Waals surface area contributed by atoms with Crippen molar-refractivity contribution in [2.75, 3.05) is 0 Å². The van der Waals surface area contributed by atoms with Crippen LogP contribution in [-0.4, -0.2) is 23.0 Å². The molecule has 110 valence electrons. The highest BCUT2D eigenvalue weighted by Crippen LogP contribution is 2.38. The summed E-state index contributed by atoms with van der Waals surface area (Å²) in [7, 11) is 0. The largest absolute Gasteiger partial charge is 0.409 e. The molecule has 0 aromatic heterocycles. The minimum Gasteiger partial charge on any atom is -0.409 e. The van der Waals surface area contributed by atoms with Gasteiger partial charge in [0.15, 0.2) is 5.84 Å². The van der Waals surface area contributed by atoms with E-state index in [-0.39, 0.29) is 23.2 Å². The second kappa shape index (κ2) is 5.80. The van der Waals surface area contributed by atoms with Gasteiger partial charge in [-0.05, 0) is 31.1 Å². The Labute approximate surface area is 115 Å². The van der Waals surface area contributed by atoms with Gasteiger partial charge in [-0.1, -0.05) is 39.3 Å². The highest BCUT2D eigenvalue weighted by Gasteiger charge is 2.43. The van der Waals surface area contributed by atoms with Crippen molar-refractivity contribution in [1.82, 2.24) is 5.32 Å². The topological polar surface area (TPSA) is 87.7 Å². The molecule has 1 rings (SSSR count). The summed E-state index contributed by atoms with van der Waals surface area (Å²) >= 11 is 0. The van der Waals surface area contributed by atoms with Crippen molar-refractivity contribution < 1.29 is 10.0 Å². The molecule has 1 fully saturated rings. The number of amides is 1. The van der Waals surface area contributed by atoms with Gasteiger partial charge in [-0.15, -0.1) is 0 Å². The van der Waals surface area contributed by atoms with Crippen LogP contribution in [0.4, 0.5) is 0 Å². The Kier molecular flexibility index (Phi) is 4.82. The fraction of sp³-hybridized carbons (Fsp3) is 0.857. The third-order valence-corrected chi connectivity index (χ3v) is 4.80. The molecule has 0 radical (unpaired) electrons. The number of carbonyl (C=O) groups is 1. The monoisotopic (exact) mass is 269 g/mol. The highest BCUT2D eigenvalue weighted by atomic mass is 16.4. The number of rotatable bonds is 5. The summed E-state index contributed by atoms with van der Waals surface area (Å²) in [5.74, 6) is -0.112. The van der Waals surface area contributed by atoms with E-state index in [1.54, 1.807) is 0 Å². The minimum atomic E-state index is -0.895. The first-order valence-electron chi connectivity index (χ1n) is 7.13. The molecule has 0 bridgehead atoms. The quantitative estimate of drug-likeness (QED) is 0.309. The molecule has 5 heteroatoms. The summed E-state index contributed by atoms with van der Waals surface area (Å²) < 4.78 is 0. The molecule has 0 aromatic carbocycles. The molecule has 1 aliphatic rings. The van der Waals surface area contributed by atoms with Crippen molar-refractivity contribution in [3.63, 3.8) is 0 Å². The number of hydrogen-bond donors (Lipinski definition) is 3. The molecule has 5 nitrogen and oxygen atoms in total. The third-order valence-electron chi connectivity index (χ3n) is 4.80. The van der Waals surface area contributed by atoms with Crippen LogP contribution in [0.5, 0.6) is 0 Å². The summed E-state index contributed by atoms with van der Waals surface area (Å²) in [5, 5.41) is 15.1. The van der Waals surface area contributed by atoms with Gasteiger partial charge in [-0.2, -0.15) is 0 Å². The molecule has 4 N–H and O–H groups in total. The van der Waals surface area contributed by atoms with Crippen LogP contribution in [0.15, 0.2) is 5.16 Å². The van der Waals surface area contributed by atoms with Gasteiger partial charge in [-0.25, -0.2) is 0 Å². The van der Waals surface area contributed by atoms with E-state index in [9.17, 15) is 4.79 Å². The van der Waals surface area contributed by atoms with Crippen LogP contribution < -0.4 is 11.1 Å². The zero-order valence-electron chi connectivity index (χ0n) is 12.5. The predicted molar refractivity (Wildman–Crippen MR) is 76.0 cm³/mol. The Hall–Kier alpha value is -1.26. The summed E-state index contributed by atoms with van der Waals surface area (Å²) in [6.45, 7) is 8.13. The molecule has 1 saturated carbocycles. The molecule has 1 aliphatic carbocycles. The average Bonchev–Trinajstić information content (AvgIpc) is 2.70. The van der Waals surface area contributed by atoms with Gasteiger partial charge in [-0.3, -0.25) is 4.79 Å². The van der Waals surface area contributed by atoms with Gasteiger partial charge in [0, 0.05) is 6.04 Å². The smallest absolute Gasteiger partial charge is 0.234 e. The number of hydrogen-bond acceptors (Lipinski definition) is 3. The lowest BCUT2D eigenvalue weighted by molar-refractivity contribution is -0.129. The second-order valence-corrected chi connectivity index (χ2v) is 6.18. The van der Waals surface area contributed by atoms with E-state index in [0.29, 0.717) is 12.8 Å².